The predicted octanol–water partition coefficient (Wildman–Crippen LogP) is 3.18. The van der Waals surface area contributed by atoms with E-state index in [2.05, 4.69) is 5.32 Å². The molecule has 2 nitrogen and oxygen atoms in total. The van der Waals surface area contributed by atoms with Crippen LogP contribution in [0.15, 0.2) is 12.1 Å². The first-order chi connectivity index (χ1) is 7.59. The van der Waals surface area contributed by atoms with E-state index in [-0.39, 0.29) is 11.1 Å². The average molecular weight is 264 g/mol. The molecule has 88 valence electrons. The van der Waals surface area contributed by atoms with Crippen LogP contribution in [0.2, 0.25) is 10.0 Å². The highest BCUT2D eigenvalue weighted by Crippen LogP contribution is 2.32. The number of benzene rings is 1. The molecule has 5 heteroatoms. The van der Waals surface area contributed by atoms with Gasteiger partial charge in [-0.25, -0.2) is 4.39 Å². The molecule has 0 spiro atoms. The number of hydrogen-bond acceptors (Lipinski definition) is 2. The molecule has 2 rings (SSSR count). The molecule has 1 unspecified atom stereocenters. The third kappa shape index (κ3) is 2.33. The first kappa shape index (κ1) is 12.1. The quantitative estimate of drug-likeness (QED) is 0.846. The van der Waals surface area contributed by atoms with Gasteiger partial charge in [-0.3, -0.25) is 0 Å². The van der Waals surface area contributed by atoms with Crippen molar-refractivity contribution in [1.82, 2.24) is 5.32 Å². The number of ether oxygens (including phenoxy) is 1. The van der Waals surface area contributed by atoms with Gasteiger partial charge in [-0.05, 0) is 19.1 Å². The Kier molecular flexibility index (Phi) is 3.70. The Morgan fingerprint density at radius 2 is 2.12 bits per heavy atom. The van der Waals surface area contributed by atoms with Crippen LogP contribution in [0.1, 0.15) is 18.5 Å². The van der Waals surface area contributed by atoms with Crippen molar-refractivity contribution in [2.24, 2.45) is 0 Å². The summed E-state index contributed by atoms with van der Waals surface area (Å²) >= 11 is 11.9. The summed E-state index contributed by atoms with van der Waals surface area (Å²) in [5.74, 6) is -0.445. The van der Waals surface area contributed by atoms with E-state index in [1.807, 2.05) is 6.92 Å². The maximum Gasteiger partial charge on any atom is 0.142 e. The van der Waals surface area contributed by atoms with E-state index in [9.17, 15) is 4.39 Å². The summed E-state index contributed by atoms with van der Waals surface area (Å²) < 4.78 is 18.4. The highest BCUT2D eigenvalue weighted by molar-refractivity contribution is 6.36. The zero-order valence-electron chi connectivity index (χ0n) is 8.77. The lowest BCUT2D eigenvalue weighted by atomic mass is 10.1. The molecule has 0 amide bonds. The Labute approximate surface area is 104 Å². The van der Waals surface area contributed by atoms with Crippen molar-refractivity contribution in [3.63, 3.8) is 0 Å². The molecule has 1 aliphatic heterocycles. The topological polar surface area (TPSA) is 21.3 Å². The van der Waals surface area contributed by atoms with Crippen molar-refractivity contribution in [2.75, 3.05) is 13.2 Å². The minimum Gasteiger partial charge on any atom is -0.378 e. The van der Waals surface area contributed by atoms with Gasteiger partial charge in [-0.1, -0.05) is 23.2 Å². The van der Waals surface area contributed by atoms with E-state index < -0.39 is 5.82 Å². The molecule has 0 aromatic heterocycles. The highest BCUT2D eigenvalue weighted by Gasteiger charge is 2.23. The number of rotatable bonds is 3. The molecule has 1 fully saturated rings. The Balaban J connectivity index is 2.20. The molecule has 1 N–H and O–H groups in total. The maximum absolute atomic E-state index is 13.3. The monoisotopic (exact) mass is 263 g/mol. The van der Waals surface area contributed by atoms with E-state index in [1.54, 1.807) is 0 Å². The van der Waals surface area contributed by atoms with Crippen LogP contribution < -0.4 is 5.32 Å². The zero-order chi connectivity index (χ0) is 11.7. The van der Waals surface area contributed by atoms with E-state index in [0.29, 0.717) is 29.8 Å². The van der Waals surface area contributed by atoms with Gasteiger partial charge < -0.3 is 10.1 Å². The Morgan fingerprint density at radius 3 is 2.69 bits per heavy atom. The van der Waals surface area contributed by atoms with Crippen LogP contribution >= 0.6 is 23.2 Å². The average Bonchev–Trinajstić information content (AvgIpc) is 2.18. The number of nitrogens with one attached hydrogen (secondary N) is 1. The molecular weight excluding hydrogens is 252 g/mol. The fraction of sp³-hybridized carbons (Fsp3) is 0.455. The van der Waals surface area contributed by atoms with Gasteiger partial charge in [0.05, 0.1) is 24.3 Å². The summed E-state index contributed by atoms with van der Waals surface area (Å²) in [6.45, 7) is 3.26. The SMILES string of the molecule is CC(NC1COC1)c1c(Cl)ccc(F)c1Cl. The lowest BCUT2D eigenvalue weighted by molar-refractivity contribution is -0.00925. The molecule has 16 heavy (non-hydrogen) atoms. The standard InChI is InChI=1S/C11H12Cl2FNO/c1-6(15-7-4-16-5-7)10-8(12)2-3-9(14)11(10)13/h2-3,6-7,15H,4-5H2,1H3. The highest BCUT2D eigenvalue weighted by atomic mass is 35.5. The van der Waals surface area contributed by atoms with E-state index in [1.165, 1.54) is 12.1 Å². The van der Waals surface area contributed by atoms with Crippen molar-refractivity contribution in [2.45, 2.75) is 19.0 Å². The molecule has 1 aliphatic rings. The second-order valence-corrected chi connectivity index (χ2v) is 4.66. The van der Waals surface area contributed by atoms with E-state index in [4.69, 9.17) is 27.9 Å². The normalized spacial score (nSPS) is 18.2. The summed E-state index contributed by atoms with van der Waals surface area (Å²) in [5.41, 5.74) is 0.607. The van der Waals surface area contributed by atoms with Crippen LogP contribution in [0.25, 0.3) is 0 Å². The summed E-state index contributed by atoms with van der Waals surface area (Å²) in [6, 6.07) is 3.00. The molecule has 1 aromatic carbocycles. The molecule has 0 saturated carbocycles. The molecule has 0 bridgehead atoms. The Bertz CT molecular complexity index is 396. The summed E-state index contributed by atoms with van der Waals surface area (Å²) in [6.07, 6.45) is 0. The smallest absolute Gasteiger partial charge is 0.142 e. The van der Waals surface area contributed by atoms with Crippen LogP contribution in [-0.2, 0) is 4.74 Å². The van der Waals surface area contributed by atoms with Gasteiger partial charge in [-0.2, -0.15) is 0 Å². The minimum absolute atomic E-state index is 0.0905. The molecule has 0 aliphatic carbocycles. The Morgan fingerprint density at radius 1 is 1.44 bits per heavy atom. The second kappa shape index (κ2) is 4.88. The largest absolute Gasteiger partial charge is 0.378 e. The molecular formula is C11H12Cl2FNO. The first-order valence-corrected chi connectivity index (χ1v) is 5.82. The molecule has 1 aromatic rings. The fourth-order valence-corrected chi connectivity index (χ4v) is 2.41. The number of hydrogen-bond donors (Lipinski definition) is 1. The lowest BCUT2D eigenvalue weighted by Crippen LogP contribution is -2.46. The van der Waals surface area contributed by atoms with Crippen molar-refractivity contribution in [3.8, 4) is 0 Å². The van der Waals surface area contributed by atoms with Gasteiger partial charge in [0.15, 0.2) is 0 Å². The van der Waals surface area contributed by atoms with Crippen LogP contribution in [0.3, 0.4) is 0 Å². The summed E-state index contributed by atoms with van der Waals surface area (Å²) in [5, 5.41) is 3.85. The summed E-state index contributed by atoms with van der Waals surface area (Å²) in [4.78, 5) is 0. The second-order valence-electron chi connectivity index (χ2n) is 3.88. The molecule has 1 heterocycles. The molecule has 0 radical (unpaired) electrons. The van der Waals surface area contributed by atoms with Crippen molar-refractivity contribution >= 4 is 23.2 Å². The number of halogens is 3. The van der Waals surface area contributed by atoms with Crippen LogP contribution in [-0.4, -0.2) is 19.3 Å². The maximum atomic E-state index is 13.3. The fourth-order valence-electron chi connectivity index (χ4n) is 1.71. The Hall–Kier alpha value is -0.350. The third-order valence-corrected chi connectivity index (χ3v) is 3.35. The van der Waals surface area contributed by atoms with Crippen LogP contribution in [0.4, 0.5) is 4.39 Å². The predicted molar refractivity (Wildman–Crippen MR) is 62.6 cm³/mol. The van der Waals surface area contributed by atoms with Gasteiger partial charge >= 0.3 is 0 Å². The summed E-state index contributed by atoms with van der Waals surface area (Å²) in [7, 11) is 0. The van der Waals surface area contributed by atoms with E-state index in [0.717, 1.165) is 0 Å². The van der Waals surface area contributed by atoms with Crippen molar-refractivity contribution < 1.29 is 9.13 Å². The van der Waals surface area contributed by atoms with Crippen LogP contribution in [0, 0.1) is 5.82 Å². The minimum atomic E-state index is -0.445. The van der Waals surface area contributed by atoms with Crippen molar-refractivity contribution in [3.05, 3.63) is 33.6 Å². The first-order valence-electron chi connectivity index (χ1n) is 5.06. The molecule has 1 saturated heterocycles. The van der Waals surface area contributed by atoms with E-state index >= 15 is 0 Å². The van der Waals surface area contributed by atoms with Gasteiger partial charge in [-0.15, -0.1) is 0 Å². The molecule has 1 atom stereocenters. The van der Waals surface area contributed by atoms with Gasteiger partial charge in [0.2, 0.25) is 0 Å². The lowest BCUT2D eigenvalue weighted by Gasteiger charge is -2.30. The third-order valence-electron chi connectivity index (χ3n) is 2.64. The van der Waals surface area contributed by atoms with Gasteiger partial charge in [0.1, 0.15) is 5.82 Å². The van der Waals surface area contributed by atoms with Crippen LogP contribution in [0.5, 0.6) is 0 Å². The van der Waals surface area contributed by atoms with Gasteiger partial charge in [0.25, 0.3) is 0 Å². The zero-order valence-corrected chi connectivity index (χ0v) is 10.3. The van der Waals surface area contributed by atoms with Gasteiger partial charge in [0, 0.05) is 16.6 Å². The van der Waals surface area contributed by atoms with Crippen molar-refractivity contribution in [1.29, 1.82) is 0 Å².